The maximum atomic E-state index is 2.49. The molecule has 0 N–H and O–H groups in total. The van der Waals surface area contributed by atoms with Gasteiger partial charge in [0, 0.05) is 22.0 Å². The van der Waals surface area contributed by atoms with Crippen molar-refractivity contribution in [1.29, 1.82) is 0 Å². The Morgan fingerprint density at radius 3 is 1.47 bits per heavy atom. The molecule has 1 nitrogen and oxygen atoms in total. The molecule has 9 aromatic carbocycles. The SMILES string of the molecule is c1ccc(-c2ccc(Cc3cc(-c4ccccc4C4(c5ccccc5)c5ccccc5-c5ccccc54)c4c(c3)c3ccccc3n4-c3ccccc3)cc2)cc1. The third-order valence-electron chi connectivity index (χ3n) is 12.1. The van der Waals surface area contributed by atoms with Gasteiger partial charge in [-0.15, -0.1) is 0 Å². The molecular formula is C56H39N. The van der Waals surface area contributed by atoms with Gasteiger partial charge in [-0.1, -0.05) is 194 Å². The molecule has 0 fully saturated rings. The molecule has 0 spiro atoms. The van der Waals surface area contributed by atoms with Crippen molar-refractivity contribution >= 4 is 21.8 Å². The van der Waals surface area contributed by atoms with Gasteiger partial charge >= 0.3 is 0 Å². The van der Waals surface area contributed by atoms with Crippen LogP contribution in [-0.4, -0.2) is 4.57 Å². The number of hydrogen-bond donors (Lipinski definition) is 0. The second-order valence-corrected chi connectivity index (χ2v) is 15.2. The lowest BCUT2D eigenvalue weighted by Gasteiger charge is -2.35. The van der Waals surface area contributed by atoms with Crippen molar-refractivity contribution < 1.29 is 0 Å². The fourth-order valence-corrected chi connectivity index (χ4v) is 9.72. The first-order valence-electron chi connectivity index (χ1n) is 19.9. The first-order chi connectivity index (χ1) is 28.3. The lowest BCUT2D eigenvalue weighted by Crippen LogP contribution is -2.29. The van der Waals surface area contributed by atoms with Crippen molar-refractivity contribution in [2.75, 3.05) is 0 Å². The molecule has 11 rings (SSSR count). The zero-order valence-corrected chi connectivity index (χ0v) is 31.5. The van der Waals surface area contributed by atoms with Gasteiger partial charge in [-0.05, 0) is 98.0 Å². The van der Waals surface area contributed by atoms with Gasteiger partial charge < -0.3 is 4.57 Å². The Kier molecular flexibility index (Phi) is 7.86. The van der Waals surface area contributed by atoms with Crippen LogP contribution in [0, 0.1) is 0 Å². The highest BCUT2D eigenvalue weighted by atomic mass is 15.0. The number of aromatic nitrogens is 1. The lowest BCUT2D eigenvalue weighted by atomic mass is 9.66. The first kappa shape index (κ1) is 33.1. The van der Waals surface area contributed by atoms with E-state index in [0.717, 1.165) is 12.1 Å². The Hall–Kier alpha value is -7.22. The van der Waals surface area contributed by atoms with Gasteiger partial charge in [0.1, 0.15) is 0 Å². The standard InChI is InChI=1S/C56H39N/c1-4-18-41(19-5-1)42-34-32-39(33-35-42)36-40-37-49(55-50(38-40)48-27-13-17-31-54(48)57(55)44-22-8-3-9-23-44)47-26-12-16-30-53(47)56(43-20-6-2-7-21-43)51-28-14-10-24-45(51)46-25-11-15-29-52(46)56/h1-35,37-38H,36H2. The van der Waals surface area contributed by atoms with Crippen molar-refractivity contribution in [3.8, 4) is 39.1 Å². The summed E-state index contributed by atoms with van der Waals surface area (Å²) in [6.45, 7) is 0. The van der Waals surface area contributed by atoms with Crippen LogP contribution >= 0.6 is 0 Å². The van der Waals surface area contributed by atoms with Gasteiger partial charge in [-0.25, -0.2) is 0 Å². The Morgan fingerprint density at radius 2 is 0.842 bits per heavy atom. The highest BCUT2D eigenvalue weighted by Crippen LogP contribution is 2.58. The summed E-state index contributed by atoms with van der Waals surface area (Å²) in [4.78, 5) is 0. The Labute approximate surface area is 333 Å². The molecule has 0 atom stereocenters. The molecule has 268 valence electrons. The molecule has 0 aliphatic heterocycles. The van der Waals surface area contributed by atoms with Crippen LogP contribution in [0.2, 0.25) is 0 Å². The van der Waals surface area contributed by atoms with E-state index in [1.165, 1.54) is 88.6 Å². The van der Waals surface area contributed by atoms with Crippen LogP contribution in [0.5, 0.6) is 0 Å². The molecule has 0 bridgehead atoms. The number of benzene rings is 9. The minimum absolute atomic E-state index is 0.537. The maximum absolute atomic E-state index is 2.49. The van der Waals surface area contributed by atoms with Gasteiger partial charge in [0.25, 0.3) is 0 Å². The average Bonchev–Trinajstić information content (AvgIpc) is 3.78. The number of rotatable bonds is 7. The Bertz CT molecular complexity index is 3020. The molecule has 0 saturated heterocycles. The monoisotopic (exact) mass is 725 g/mol. The minimum atomic E-state index is -0.537. The number of hydrogen-bond acceptors (Lipinski definition) is 0. The van der Waals surface area contributed by atoms with Gasteiger partial charge in [0.15, 0.2) is 0 Å². The molecule has 1 aliphatic rings. The maximum Gasteiger partial charge on any atom is 0.0719 e. The van der Waals surface area contributed by atoms with E-state index in [2.05, 4.69) is 229 Å². The number of fused-ring (bicyclic) bond motifs is 6. The van der Waals surface area contributed by atoms with Crippen molar-refractivity contribution in [3.63, 3.8) is 0 Å². The zero-order chi connectivity index (χ0) is 37.8. The largest absolute Gasteiger partial charge is 0.309 e. The first-order valence-corrected chi connectivity index (χ1v) is 19.9. The zero-order valence-electron chi connectivity index (χ0n) is 31.5. The number of nitrogens with zero attached hydrogens (tertiary/aromatic N) is 1. The minimum Gasteiger partial charge on any atom is -0.309 e. The second kappa shape index (κ2) is 13.5. The molecule has 10 aromatic rings. The smallest absolute Gasteiger partial charge is 0.0719 e. The fourth-order valence-electron chi connectivity index (χ4n) is 9.72. The third-order valence-corrected chi connectivity index (χ3v) is 12.1. The fraction of sp³-hybridized carbons (Fsp3) is 0.0357. The molecule has 0 unspecified atom stereocenters. The quantitative estimate of drug-likeness (QED) is 0.154. The Balaban J connectivity index is 1.22. The predicted octanol–water partition coefficient (Wildman–Crippen LogP) is 14.1. The summed E-state index contributed by atoms with van der Waals surface area (Å²) < 4.78 is 2.49. The van der Waals surface area contributed by atoms with Gasteiger partial charge in [-0.2, -0.15) is 0 Å². The summed E-state index contributed by atoms with van der Waals surface area (Å²) in [7, 11) is 0. The van der Waals surface area contributed by atoms with Crippen LogP contribution in [0.25, 0.3) is 60.9 Å². The highest BCUT2D eigenvalue weighted by Gasteiger charge is 2.47. The van der Waals surface area contributed by atoms with E-state index in [0.29, 0.717) is 0 Å². The van der Waals surface area contributed by atoms with E-state index < -0.39 is 5.41 Å². The summed E-state index contributed by atoms with van der Waals surface area (Å²) in [5, 5.41) is 2.52. The molecule has 0 saturated carbocycles. The Morgan fingerprint density at radius 1 is 0.351 bits per heavy atom. The molecule has 57 heavy (non-hydrogen) atoms. The molecule has 1 heteroatoms. The average molecular weight is 726 g/mol. The summed E-state index contributed by atoms with van der Waals surface area (Å²) in [5.74, 6) is 0. The molecule has 1 aromatic heterocycles. The summed E-state index contributed by atoms with van der Waals surface area (Å²) in [5.41, 5.74) is 18.3. The summed E-state index contributed by atoms with van der Waals surface area (Å²) >= 11 is 0. The van der Waals surface area contributed by atoms with Crippen LogP contribution in [0.4, 0.5) is 0 Å². The predicted molar refractivity (Wildman–Crippen MR) is 238 cm³/mol. The molecular weight excluding hydrogens is 687 g/mol. The lowest BCUT2D eigenvalue weighted by molar-refractivity contribution is 0.770. The highest BCUT2D eigenvalue weighted by molar-refractivity contribution is 6.14. The van der Waals surface area contributed by atoms with E-state index >= 15 is 0 Å². The van der Waals surface area contributed by atoms with Crippen LogP contribution in [-0.2, 0) is 11.8 Å². The van der Waals surface area contributed by atoms with Gasteiger partial charge in [0.2, 0.25) is 0 Å². The molecule has 1 aliphatic carbocycles. The van der Waals surface area contributed by atoms with E-state index in [1.54, 1.807) is 0 Å². The summed E-state index contributed by atoms with van der Waals surface area (Å²) in [6.07, 6.45) is 0.820. The topological polar surface area (TPSA) is 4.93 Å². The van der Waals surface area contributed by atoms with E-state index in [-0.39, 0.29) is 0 Å². The molecule has 0 radical (unpaired) electrons. The number of para-hydroxylation sites is 2. The third kappa shape index (κ3) is 5.24. The van der Waals surface area contributed by atoms with Crippen molar-refractivity contribution in [1.82, 2.24) is 4.57 Å². The second-order valence-electron chi connectivity index (χ2n) is 15.2. The van der Waals surface area contributed by atoms with Crippen molar-refractivity contribution in [2.45, 2.75) is 11.8 Å². The van der Waals surface area contributed by atoms with Crippen LogP contribution in [0.15, 0.2) is 224 Å². The van der Waals surface area contributed by atoms with Gasteiger partial charge in [0.05, 0.1) is 16.4 Å². The normalized spacial score (nSPS) is 12.8. The van der Waals surface area contributed by atoms with Crippen LogP contribution in [0.3, 0.4) is 0 Å². The van der Waals surface area contributed by atoms with E-state index in [9.17, 15) is 0 Å². The van der Waals surface area contributed by atoms with E-state index in [4.69, 9.17) is 0 Å². The van der Waals surface area contributed by atoms with Crippen molar-refractivity contribution in [2.24, 2.45) is 0 Å². The summed E-state index contributed by atoms with van der Waals surface area (Å²) in [6, 6.07) is 82.9. The van der Waals surface area contributed by atoms with Gasteiger partial charge in [-0.3, -0.25) is 0 Å². The van der Waals surface area contributed by atoms with Crippen molar-refractivity contribution in [3.05, 3.63) is 258 Å². The molecule has 0 amide bonds. The van der Waals surface area contributed by atoms with Crippen LogP contribution < -0.4 is 0 Å². The van der Waals surface area contributed by atoms with Crippen LogP contribution in [0.1, 0.15) is 33.4 Å². The molecule has 1 heterocycles. The van der Waals surface area contributed by atoms with E-state index in [1.807, 2.05) is 0 Å².